The molecule has 0 radical (unpaired) electrons. The lowest BCUT2D eigenvalue weighted by atomic mass is 9.79. The Morgan fingerprint density at radius 3 is 2.68 bits per heavy atom. The summed E-state index contributed by atoms with van der Waals surface area (Å²) in [7, 11) is -3.06. The Hall–Kier alpha value is -0.170. The fourth-order valence-corrected chi connectivity index (χ4v) is 3.95. The summed E-state index contributed by atoms with van der Waals surface area (Å²) in [5.41, 5.74) is 0.0358. The highest BCUT2D eigenvalue weighted by molar-refractivity contribution is 7.88. The van der Waals surface area contributed by atoms with Crippen LogP contribution in [0.1, 0.15) is 25.7 Å². The van der Waals surface area contributed by atoms with E-state index in [9.17, 15) is 8.42 Å². The van der Waals surface area contributed by atoms with Crippen molar-refractivity contribution in [2.24, 2.45) is 11.8 Å². The van der Waals surface area contributed by atoms with Crippen molar-refractivity contribution in [3.63, 3.8) is 0 Å². The zero-order valence-electron chi connectivity index (χ0n) is 11.6. The third kappa shape index (κ3) is 3.29. The summed E-state index contributed by atoms with van der Waals surface area (Å²) in [4.78, 5) is 2.50. The third-order valence-corrected chi connectivity index (χ3v) is 5.38. The zero-order chi connectivity index (χ0) is 13.5. The molecule has 1 atom stereocenters. The maximum atomic E-state index is 11.1. The summed E-state index contributed by atoms with van der Waals surface area (Å²) in [5.74, 6) is 1.45. The first-order valence-electron chi connectivity index (χ1n) is 7.28. The molecule has 1 unspecified atom stereocenters. The average Bonchev–Trinajstić information content (AvgIpc) is 2.96. The maximum absolute atomic E-state index is 11.1. The molecule has 0 amide bonds. The zero-order valence-corrected chi connectivity index (χ0v) is 12.4. The average molecular weight is 288 g/mol. The van der Waals surface area contributed by atoms with Crippen LogP contribution in [0.5, 0.6) is 0 Å². The van der Waals surface area contributed by atoms with Crippen LogP contribution in [0.2, 0.25) is 0 Å². The Morgan fingerprint density at radius 2 is 2.05 bits per heavy atom. The Balaban J connectivity index is 1.46. The predicted octanol–water partition coefficient (Wildman–Crippen LogP) is 0.427. The molecule has 19 heavy (non-hydrogen) atoms. The number of ether oxygens (including phenoxy) is 1. The number of nitrogens with zero attached hydrogens (tertiary/aromatic N) is 1. The van der Waals surface area contributed by atoms with Crippen LogP contribution in [-0.2, 0) is 14.8 Å². The lowest BCUT2D eigenvalue weighted by Crippen LogP contribution is -2.65. The van der Waals surface area contributed by atoms with Crippen LogP contribution in [0.25, 0.3) is 0 Å². The third-order valence-electron chi connectivity index (χ3n) is 4.65. The molecule has 1 saturated carbocycles. The molecule has 3 fully saturated rings. The van der Waals surface area contributed by atoms with Crippen LogP contribution in [0.4, 0.5) is 0 Å². The molecule has 2 aliphatic heterocycles. The molecule has 3 aliphatic rings. The van der Waals surface area contributed by atoms with Gasteiger partial charge in [-0.25, -0.2) is 13.1 Å². The van der Waals surface area contributed by atoms with E-state index in [1.807, 2.05) is 0 Å². The second-order valence-electron chi connectivity index (χ2n) is 6.47. The van der Waals surface area contributed by atoms with E-state index in [-0.39, 0.29) is 5.60 Å². The fraction of sp³-hybridized carbons (Fsp3) is 1.00. The Labute approximate surface area is 115 Å². The Bertz CT molecular complexity index is 427. The van der Waals surface area contributed by atoms with Crippen molar-refractivity contribution in [1.82, 2.24) is 9.62 Å². The van der Waals surface area contributed by atoms with Crippen molar-refractivity contribution in [2.45, 2.75) is 31.3 Å². The molecule has 1 aliphatic carbocycles. The van der Waals surface area contributed by atoms with E-state index < -0.39 is 10.0 Å². The first-order valence-corrected chi connectivity index (χ1v) is 9.17. The molecule has 0 aromatic heterocycles. The number of sulfonamides is 1. The van der Waals surface area contributed by atoms with Gasteiger partial charge in [0, 0.05) is 32.8 Å². The lowest BCUT2D eigenvalue weighted by Gasteiger charge is -2.50. The number of likely N-dealkylation sites (tertiary alicyclic amines) is 1. The first kappa shape index (κ1) is 13.8. The predicted molar refractivity (Wildman–Crippen MR) is 73.4 cm³/mol. The highest BCUT2D eigenvalue weighted by Gasteiger charge is 2.52. The molecule has 2 heterocycles. The number of rotatable bonds is 6. The van der Waals surface area contributed by atoms with Crippen LogP contribution < -0.4 is 4.72 Å². The number of nitrogens with one attached hydrogen (secondary N) is 1. The minimum absolute atomic E-state index is 0.0358. The molecule has 110 valence electrons. The highest BCUT2D eigenvalue weighted by atomic mass is 32.2. The number of hydrogen-bond acceptors (Lipinski definition) is 4. The minimum atomic E-state index is -3.06. The Morgan fingerprint density at radius 1 is 1.32 bits per heavy atom. The van der Waals surface area contributed by atoms with Gasteiger partial charge in [-0.1, -0.05) is 0 Å². The monoisotopic (exact) mass is 288 g/mol. The van der Waals surface area contributed by atoms with E-state index in [1.165, 1.54) is 25.6 Å². The number of hydrogen-bond donors (Lipinski definition) is 1. The van der Waals surface area contributed by atoms with E-state index in [0.717, 1.165) is 38.5 Å². The topological polar surface area (TPSA) is 58.6 Å². The fourth-order valence-electron chi connectivity index (χ4n) is 3.47. The standard InChI is InChI=1S/C13H24N2O3S/c1-19(16,17)14-6-4-12-5-7-18-13(12)9-15(10-13)8-11-2-3-11/h11-12,14H,2-10H2,1H3. The van der Waals surface area contributed by atoms with Gasteiger partial charge >= 0.3 is 0 Å². The second-order valence-corrected chi connectivity index (χ2v) is 8.30. The van der Waals surface area contributed by atoms with Gasteiger partial charge < -0.3 is 4.74 Å². The van der Waals surface area contributed by atoms with Gasteiger partial charge in [0.1, 0.15) is 0 Å². The maximum Gasteiger partial charge on any atom is 0.208 e. The largest absolute Gasteiger partial charge is 0.372 e. The second kappa shape index (κ2) is 4.98. The Kier molecular flexibility index (Phi) is 3.62. The first-order chi connectivity index (χ1) is 8.97. The molecular formula is C13H24N2O3S. The van der Waals surface area contributed by atoms with Crippen LogP contribution >= 0.6 is 0 Å². The molecule has 2 saturated heterocycles. The minimum Gasteiger partial charge on any atom is -0.372 e. The quantitative estimate of drug-likeness (QED) is 0.770. The van der Waals surface area contributed by atoms with E-state index in [4.69, 9.17) is 4.74 Å². The van der Waals surface area contributed by atoms with Crippen LogP contribution in [0, 0.1) is 11.8 Å². The van der Waals surface area contributed by atoms with Gasteiger partial charge in [-0.3, -0.25) is 4.90 Å². The molecule has 0 aromatic carbocycles. The van der Waals surface area contributed by atoms with Gasteiger partial charge in [0.25, 0.3) is 0 Å². The summed E-state index contributed by atoms with van der Waals surface area (Å²) in [6, 6.07) is 0. The van der Waals surface area contributed by atoms with Crippen molar-refractivity contribution in [3.05, 3.63) is 0 Å². The van der Waals surface area contributed by atoms with Crippen molar-refractivity contribution in [3.8, 4) is 0 Å². The van der Waals surface area contributed by atoms with Crippen LogP contribution in [-0.4, -0.2) is 58.0 Å². The molecule has 6 heteroatoms. The summed E-state index contributed by atoms with van der Waals surface area (Å²) in [6.45, 7) is 4.71. The van der Waals surface area contributed by atoms with Gasteiger partial charge in [0.2, 0.25) is 10.0 Å². The summed E-state index contributed by atoms with van der Waals surface area (Å²) in [5, 5.41) is 0. The molecule has 5 nitrogen and oxygen atoms in total. The molecule has 1 spiro atoms. The van der Waals surface area contributed by atoms with E-state index in [2.05, 4.69) is 9.62 Å². The smallest absolute Gasteiger partial charge is 0.208 e. The summed E-state index contributed by atoms with van der Waals surface area (Å²) in [6.07, 6.45) is 5.97. The van der Waals surface area contributed by atoms with Crippen molar-refractivity contribution < 1.29 is 13.2 Å². The molecular weight excluding hydrogens is 264 g/mol. The normalized spacial score (nSPS) is 30.7. The molecule has 0 aromatic rings. The van der Waals surface area contributed by atoms with E-state index >= 15 is 0 Å². The highest BCUT2D eigenvalue weighted by Crippen LogP contribution is 2.43. The molecule has 3 rings (SSSR count). The van der Waals surface area contributed by atoms with Gasteiger partial charge in [-0.2, -0.15) is 0 Å². The van der Waals surface area contributed by atoms with Crippen molar-refractivity contribution in [1.29, 1.82) is 0 Å². The van der Waals surface area contributed by atoms with Crippen LogP contribution in [0.3, 0.4) is 0 Å². The SMILES string of the molecule is CS(=O)(=O)NCCC1CCOC12CN(CC1CC1)C2. The van der Waals surface area contributed by atoms with Crippen molar-refractivity contribution in [2.75, 3.05) is 39.0 Å². The molecule has 1 N–H and O–H groups in total. The van der Waals surface area contributed by atoms with Gasteiger partial charge in [0.05, 0.1) is 11.9 Å². The van der Waals surface area contributed by atoms with Gasteiger partial charge in [0.15, 0.2) is 0 Å². The van der Waals surface area contributed by atoms with E-state index in [1.54, 1.807) is 0 Å². The summed E-state index contributed by atoms with van der Waals surface area (Å²) < 4.78 is 30.7. The van der Waals surface area contributed by atoms with E-state index in [0.29, 0.717) is 12.5 Å². The van der Waals surface area contributed by atoms with Crippen LogP contribution in [0.15, 0.2) is 0 Å². The summed E-state index contributed by atoms with van der Waals surface area (Å²) >= 11 is 0. The lowest BCUT2D eigenvalue weighted by molar-refractivity contribution is -0.134. The van der Waals surface area contributed by atoms with Gasteiger partial charge in [-0.05, 0) is 37.5 Å². The van der Waals surface area contributed by atoms with Crippen molar-refractivity contribution >= 4 is 10.0 Å². The van der Waals surface area contributed by atoms with Gasteiger partial charge in [-0.15, -0.1) is 0 Å². The molecule has 0 bridgehead atoms.